The fraction of sp³-hybridized carbons (Fsp3) is 0.421. The highest BCUT2D eigenvalue weighted by atomic mass is 16.2. The molecule has 1 heterocycles. The van der Waals surface area contributed by atoms with Crippen molar-refractivity contribution in [1.29, 1.82) is 0 Å². The van der Waals surface area contributed by atoms with Gasteiger partial charge in [-0.1, -0.05) is 44.2 Å². The number of aromatic amines is 1. The van der Waals surface area contributed by atoms with Crippen LogP contribution in [-0.2, 0) is 6.42 Å². The molecule has 0 radical (unpaired) electrons. The van der Waals surface area contributed by atoms with Crippen molar-refractivity contribution in [3.63, 3.8) is 0 Å². The molecule has 0 spiro atoms. The van der Waals surface area contributed by atoms with Gasteiger partial charge in [-0.25, -0.2) is 4.98 Å². The van der Waals surface area contributed by atoms with Crippen LogP contribution in [0, 0.1) is 6.92 Å². The molecule has 1 aromatic carbocycles. The molecule has 0 saturated heterocycles. The molecule has 5 nitrogen and oxygen atoms in total. The molecule has 2 aromatic rings. The molecule has 0 unspecified atom stereocenters. The standard InChI is InChI=1S/C19H25N3O2/c1-4-16(5-2)22(12-11-15-9-7-6-8-10-15)19(24)17-13-20-14(3)21-18(17)23/h6-10,13,16H,4-5,11-12H2,1-3H3,(H,20,21,23). The first-order valence-corrected chi connectivity index (χ1v) is 8.47. The van der Waals surface area contributed by atoms with Gasteiger partial charge in [0, 0.05) is 18.8 Å². The molecule has 0 fully saturated rings. The Hall–Kier alpha value is -2.43. The Morgan fingerprint density at radius 2 is 1.88 bits per heavy atom. The predicted molar refractivity (Wildman–Crippen MR) is 95.1 cm³/mol. The number of hydrogen-bond acceptors (Lipinski definition) is 3. The van der Waals surface area contributed by atoms with Gasteiger partial charge in [0.2, 0.25) is 0 Å². The summed E-state index contributed by atoms with van der Waals surface area (Å²) in [6.45, 7) is 6.41. The number of carbonyl (C=O) groups is 1. The zero-order valence-electron chi connectivity index (χ0n) is 14.6. The van der Waals surface area contributed by atoms with E-state index < -0.39 is 0 Å². The highest BCUT2D eigenvalue weighted by Gasteiger charge is 2.24. The van der Waals surface area contributed by atoms with Crippen molar-refractivity contribution in [3.8, 4) is 0 Å². The molecule has 1 aromatic heterocycles. The van der Waals surface area contributed by atoms with Gasteiger partial charge in [0.25, 0.3) is 11.5 Å². The minimum atomic E-state index is -0.372. The fourth-order valence-electron chi connectivity index (χ4n) is 2.86. The largest absolute Gasteiger partial charge is 0.335 e. The topological polar surface area (TPSA) is 66.1 Å². The maximum Gasteiger partial charge on any atom is 0.263 e. The molecule has 0 bridgehead atoms. The number of nitrogens with zero attached hydrogens (tertiary/aromatic N) is 2. The van der Waals surface area contributed by atoms with Gasteiger partial charge < -0.3 is 9.88 Å². The summed E-state index contributed by atoms with van der Waals surface area (Å²) in [4.78, 5) is 33.5. The highest BCUT2D eigenvalue weighted by Crippen LogP contribution is 2.13. The van der Waals surface area contributed by atoms with E-state index in [1.54, 1.807) is 6.92 Å². The smallest absolute Gasteiger partial charge is 0.263 e. The first-order chi connectivity index (χ1) is 11.6. The lowest BCUT2D eigenvalue weighted by Crippen LogP contribution is -2.43. The van der Waals surface area contributed by atoms with Gasteiger partial charge in [0.05, 0.1) is 0 Å². The molecule has 128 valence electrons. The number of amides is 1. The summed E-state index contributed by atoms with van der Waals surface area (Å²) >= 11 is 0. The molecule has 1 amide bonds. The molecule has 2 rings (SSSR count). The maximum atomic E-state index is 12.9. The van der Waals surface area contributed by atoms with Crippen molar-refractivity contribution >= 4 is 5.91 Å². The van der Waals surface area contributed by atoms with Crippen LogP contribution in [0.25, 0.3) is 0 Å². The summed E-state index contributed by atoms with van der Waals surface area (Å²) < 4.78 is 0. The molecule has 0 aliphatic heterocycles. The van der Waals surface area contributed by atoms with E-state index in [0.29, 0.717) is 12.4 Å². The van der Waals surface area contributed by atoms with Crippen molar-refractivity contribution in [3.05, 3.63) is 63.8 Å². The van der Waals surface area contributed by atoms with Crippen molar-refractivity contribution in [2.45, 2.75) is 46.1 Å². The Balaban J connectivity index is 2.24. The number of hydrogen-bond donors (Lipinski definition) is 1. The molecule has 24 heavy (non-hydrogen) atoms. The van der Waals surface area contributed by atoms with Crippen LogP contribution in [0.5, 0.6) is 0 Å². The van der Waals surface area contributed by atoms with Gasteiger partial charge >= 0.3 is 0 Å². The van der Waals surface area contributed by atoms with Gasteiger partial charge in [0.1, 0.15) is 11.4 Å². The van der Waals surface area contributed by atoms with Gasteiger partial charge in [-0.3, -0.25) is 9.59 Å². The molecular formula is C19H25N3O2. The molecular weight excluding hydrogens is 302 g/mol. The monoisotopic (exact) mass is 327 g/mol. The average molecular weight is 327 g/mol. The lowest BCUT2D eigenvalue weighted by Gasteiger charge is -2.30. The highest BCUT2D eigenvalue weighted by molar-refractivity contribution is 5.93. The second-order valence-electron chi connectivity index (χ2n) is 5.92. The summed E-state index contributed by atoms with van der Waals surface area (Å²) in [5.41, 5.74) is 0.918. The molecule has 0 saturated carbocycles. The Labute approximate surface area is 142 Å². The Morgan fingerprint density at radius 3 is 2.46 bits per heavy atom. The Kier molecular flexibility index (Phi) is 6.29. The van der Waals surface area contributed by atoms with Gasteiger partial charge in [0.15, 0.2) is 0 Å². The zero-order chi connectivity index (χ0) is 17.5. The van der Waals surface area contributed by atoms with E-state index in [9.17, 15) is 9.59 Å². The lowest BCUT2D eigenvalue weighted by atomic mass is 10.1. The third kappa shape index (κ3) is 4.31. The van der Waals surface area contributed by atoms with Crippen molar-refractivity contribution < 1.29 is 4.79 Å². The van der Waals surface area contributed by atoms with Crippen LogP contribution < -0.4 is 5.56 Å². The van der Waals surface area contributed by atoms with Crippen LogP contribution in [0.15, 0.2) is 41.3 Å². The number of carbonyl (C=O) groups excluding carboxylic acids is 1. The van der Waals surface area contributed by atoms with E-state index in [1.807, 2.05) is 23.1 Å². The summed E-state index contributed by atoms with van der Waals surface area (Å²) in [6.07, 6.45) is 3.86. The van der Waals surface area contributed by atoms with Crippen LogP contribution in [0.2, 0.25) is 0 Å². The summed E-state index contributed by atoms with van der Waals surface area (Å²) in [5, 5.41) is 0. The minimum absolute atomic E-state index is 0.112. The van der Waals surface area contributed by atoms with Crippen LogP contribution >= 0.6 is 0 Å². The molecule has 0 aliphatic carbocycles. The number of aromatic nitrogens is 2. The number of rotatable bonds is 7. The predicted octanol–water partition coefficient (Wildman–Crippen LogP) is 2.95. The summed E-state index contributed by atoms with van der Waals surface area (Å²) in [7, 11) is 0. The fourth-order valence-corrected chi connectivity index (χ4v) is 2.86. The normalized spacial score (nSPS) is 10.8. The third-order valence-electron chi connectivity index (χ3n) is 4.29. The van der Waals surface area contributed by atoms with Crippen LogP contribution in [-0.4, -0.2) is 33.4 Å². The maximum absolute atomic E-state index is 12.9. The lowest BCUT2D eigenvalue weighted by molar-refractivity contribution is 0.0667. The second-order valence-corrected chi connectivity index (χ2v) is 5.92. The van der Waals surface area contributed by atoms with Gasteiger partial charge in [-0.15, -0.1) is 0 Å². The first kappa shape index (κ1) is 17.9. The zero-order valence-corrected chi connectivity index (χ0v) is 14.6. The molecule has 0 aliphatic rings. The third-order valence-corrected chi connectivity index (χ3v) is 4.29. The van der Waals surface area contributed by atoms with Gasteiger partial charge in [-0.2, -0.15) is 0 Å². The Bertz CT molecular complexity index is 721. The average Bonchev–Trinajstić information content (AvgIpc) is 2.59. The van der Waals surface area contributed by atoms with E-state index in [2.05, 4.69) is 35.9 Å². The quantitative estimate of drug-likeness (QED) is 0.850. The van der Waals surface area contributed by atoms with Crippen LogP contribution in [0.1, 0.15) is 48.4 Å². The van der Waals surface area contributed by atoms with Crippen molar-refractivity contribution in [1.82, 2.24) is 14.9 Å². The summed E-state index contributed by atoms with van der Waals surface area (Å²) in [5.74, 6) is 0.267. The first-order valence-electron chi connectivity index (χ1n) is 8.47. The molecule has 0 atom stereocenters. The minimum Gasteiger partial charge on any atom is -0.335 e. The van der Waals surface area contributed by atoms with E-state index in [0.717, 1.165) is 19.3 Å². The SMILES string of the molecule is CCC(CC)N(CCc1ccccc1)C(=O)c1cnc(C)[nH]c1=O. The van der Waals surface area contributed by atoms with E-state index in [-0.39, 0.29) is 23.1 Å². The molecule has 5 heteroatoms. The number of aryl methyl sites for hydroxylation is 1. The summed E-state index contributed by atoms with van der Waals surface area (Å²) in [6, 6.07) is 10.2. The molecule has 1 N–H and O–H groups in total. The van der Waals surface area contributed by atoms with Crippen molar-refractivity contribution in [2.24, 2.45) is 0 Å². The second kappa shape index (κ2) is 8.43. The number of nitrogens with one attached hydrogen (secondary N) is 1. The van der Waals surface area contributed by atoms with E-state index in [4.69, 9.17) is 0 Å². The van der Waals surface area contributed by atoms with Crippen LogP contribution in [0.3, 0.4) is 0 Å². The van der Waals surface area contributed by atoms with E-state index >= 15 is 0 Å². The number of benzene rings is 1. The Morgan fingerprint density at radius 1 is 1.21 bits per heavy atom. The van der Waals surface area contributed by atoms with E-state index in [1.165, 1.54) is 11.8 Å². The van der Waals surface area contributed by atoms with Crippen LogP contribution in [0.4, 0.5) is 0 Å². The number of H-pyrrole nitrogens is 1. The van der Waals surface area contributed by atoms with Crippen molar-refractivity contribution in [2.75, 3.05) is 6.54 Å². The van der Waals surface area contributed by atoms with Gasteiger partial charge in [-0.05, 0) is 31.7 Å².